The van der Waals surface area contributed by atoms with E-state index in [1.165, 1.54) is 12.1 Å². The molecule has 1 amide bonds. The standard InChI is InChI=1S/C12H15NO3/c1-12(2)7-13(11(16)10(12)15)8-3-5-9(14)6-4-8/h3-6,10,14-15H,7H2,1-2H3. The summed E-state index contributed by atoms with van der Waals surface area (Å²) in [6, 6.07) is 6.39. The number of rotatable bonds is 1. The molecule has 2 rings (SSSR count). The van der Waals surface area contributed by atoms with Crippen LogP contribution in [0.2, 0.25) is 0 Å². The molecule has 0 aromatic heterocycles. The molecule has 0 bridgehead atoms. The van der Waals surface area contributed by atoms with Crippen LogP contribution in [0.25, 0.3) is 0 Å². The predicted molar refractivity (Wildman–Crippen MR) is 60.2 cm³/mol. The number of amides is 1. The molecule has 16 heavy (non-hydrogen) atoms. The van der Waals surface area contributed by atoms with Gasteiger partial charge in [0, 0.05) is 17.6 Å². The fourth-order valence-electron chi connectivity index (χ4n) is 1.90. The molecular formula is C12H15NO3. The van der Waals surface area contributed by atoms with Gasteiger partial charge in [-0.2, -0.15) is 0 Å². The number of phenolic OH excluding ortho intramolecular Hbond substituents is 1. The Morgan fingerprint density at radius 3 is 2.31 bits per heavy atom. The molecule has 1 atom stereocenters. The van der Waals surface area contributed by atoms with Gasteiger partial charge in [-0.15, -0.1) is 0 Å². The summed E-state index contributed by atoms with van der Waals surface area (Å²) in [5, 5.41) is 18.9. The van der Waals surface area contributed by atoms with Crippen molar-refractivity contribution in [3.63, 3.8) is 0 Å². The number of aromatic hydroxyl groups is 1. The monoisotopic (exact) mass is 221 g/mol. The van der Waals surface area contributed by atoms with Gasteiger partial charge in [0.25, 0.3) is 5.91 Å². The Morgan fingerprint density at radius 2 is 1.88 bits per heavy atom. The molecule has 0 saturated carbocycles. The quantitative estimate of drug-likeness (QED) is 0.747. The van der Waals surface area contributed by atoms with Gasteiger partial charge in [0.05, 0.1) is 0 Å². The molecule has 1 aliphatic heterocycles. The summed E-state index contributed by atoms with van der Waals surface area (Å²) in [5.74, 6) is -0.120. The van der Waals surface area contributed by atoms with Crippen molar-refractivity contribution in [2.45, 2.75) is 20.0 Å². The van der Waals surface area contributed by atoms with E-state index in [1.807, 2.05) is 13.8 Å². The SMILES string of the molecule is CC1(C)CN(c2ccc(O)cc2)C(=O)C1O. The predicted octanol–water partition coefficient (Wildman–Crippen LogP) is 1.13. The highest BCUT2D eigenvalue weighted by molar-refractivity contribution is 5.99. The van der Waals surface area contributed by atoms with Crippen molar-refractivity contribution in [1.29, 1.82) is 0 Å². The Labute approximate surface area is 94.1 Å². The van der Waals surface area contributed by atoms with Gasteiger partial charge in [-0.25, -0.2) is 0 Å². The van der Waals surface area contributed by atoms with E-state index in [0.29, 0.717) is 12.2 Å². The van der Waals surface area contributed by atoms with E-state index < -0.39 is 11.5 Å². The van der Waals surface area contributed by atoms with E-state index in [9.17, 15) is 9.90 Å². The molecule has 1 aromatic carbocycles. The fraction of sp³-hybridized carbons (Fsp3) is 0.417. The number of phenols is 1. The molecule has 1 unspecified atom stereocenters. The third kappa shape index (κ3) is 1.65. The minimum absolute atomic E-state index is 0.162. The van der Waals surface area contributed by atoms with Gasteiger partial charge in [0.2, 0.25) is 0 Å². The van der Waals surface area contributed by atoms with Crippen LogP contribution in [0, 0.1) is 5.41 Å². The number of benzene rings is 1. The molecule has 1 aromatic rings. The molecule has 1 saturated heterocycles. The number of carbonyl (C=O) groups is 1. The summed E-state index contributed by atoms with van der Waals surface area (Å²) in [7, 11) is 0. The Morgan fingerprint density at radius 1 is 1.31 bits per heavy atom. The topological polar surface area (TPSA) is 60.8 Å². The van der Waals surface area contributed by atoms with Gasteiger partial charge in [-0.1, -0.05) is 13.8 Å². The maximum Gasteiger partial charge on any atom is 0.256 e. The Hall–Kier alpha value is -1.55. The summed E-state index contributed by atoms with van der Waals surface area (Å²) in [6.07, 6.45) is -0.957. The third-order valence-electron chi connectivity index (χ3n) is 2.97. The van der Waals surface area contributed by atoms with Gasteiger partial charge in [0.15, 0.2) is 0 Å². The normalized spacial score (nSPS) is 23.8. The number of aliphatic hydroxyl groups excluding tert-OH is 1. The first-order valence-electron chi connectivity index (χ1n) is 5.20. The molecule has 0 radical (unpaired) electrons. The molecule has 2 N–H and O–H groups in total. The van der Waals surface area contributed by atoms with E-state index in [0.717, 1.165) is 0 Å². The first kappa shape index (κ1) is 11.0. The number of hydrogen-bond donors (Lipinski definition) is 2. The van der Waals surface area contributed by atoms with Gasteiger partial charge in [-0.3, -0.25) is 4.79 Å². The van der Waals surface area contributed by atoms with Crippen LogP contribution in [0.15, 0.2) is 24.3 Å². The van der Waals surface area contributed by atoms with Crippen molar-refractivity contribution >= 4 is 11.6 Å². The van der Waals surface area contributed by atoms with Gasteiger partial charge < -0.3 is 15.1 Å². The zero-order valence-corrected chi connectivity index (χ0v) is 9.34. The lowest BCUT2D eigenvalue weighted by molar-refractivity contribution is -0.126. The Bertz CT molecular complexity index is 411. The van der Waals surface area contributed by atoms with E-state index >= 15 is 0 Å². The minimum Gasteiger partial charge on any atom is -0.508 e. The molecule has 0 spiro atoms. The second kappa shape index (κ2) is 3.49. The lowest BCUT2D eigenvalue weighted by Gasteiger charge is -2.20. The van der Waals surface area contributed by atoms with Crippen molar-refractivity contribution in [3.8, 4) is 5.75 Å². The molecular weight excluding hydrogens is 206 g/mol. The largest absolute Gasteiger partial charge is 0.508 e. The highest BCUT2D eigenvalue weighted by Crippen LogP contribution is 2.34. The van der Waals surface area contributed by atoms with Crippen molar-refractivity contribution < 1.29 is 15.0 Å². The maximum atomic E-state index is 11.8. The Balaban J connectivity index is 2.30. The third-order valence-corrected chi connectivity index (χ3v) is 2.97. The summed E-state index contributed by atoms with van der Waals surface area (Å²) < 4.78 is 0. The van der Waals surface area contributed by atoms with Crippen molar-refractivity contribution in [3.05, 3.63) is 24.3 Å². The second-order valence-corrected chi connectivity index (χ2v) is 4.83. The lowest BCUT2D eigenvalue weighted by Crippen LogP contribution is -2.30. The average molecular weight is 221 g/mol. The molecule has 1 heterocycles. The smallest absolute Gasteiger partial charge is 0.256 e. The second-order valence-electron chi connectivity index (χ2n) is 4.83. The molecule has 4 heteroatoms. The molecule has 1 fully saturated rings. The first-order valence-corrected chi connectivity index (χ1v) is 5.20. The number of hydrogen-bond acceptors (Lipinski definition) is 3. The number of carbonyl (C=O) groups excluding carboxylic acids is 1. The van der Waals surface area contributed by atoms with Crippen LogP contribution in [0.5, 0.6) is 5.75 Å². The van der Waals surface area contributed by atoms with Crippen LogP contribution in [-0.2, 0) is 4.79 Å². The molecule has 86 valence electrons. The first-order chi connectivity index (χ1) is 7.42. The van der Waals surface area contributed by atoms with Gasteiger partial charge >= 0.3 is 0 Å². The van der Waals surface area contributed by atoms with Crippen LogP contribution in [0.1, 0.15) is 13.8 Å². The summed E-state index contributed by atoms with van der Waals surface area (Å²) in [4.78, 5) is 13.4. The van der Waals surface area contributed by atoms with E-state index in [1.54, 1.807) is 17.0 Å². The van der Waals surface area contributed by atoms with Crippen LogP contribution in [0.4, 0.5) is 5.69 Å². The number of anilines is 1. The van der Waals surface area contributed by atoms with E-state index in [2.05, 4.69) is 0 Å². The van der Waals surface area contributed by atoms with Gasteiger partial charge in [0.1, 0.15) is 11.9 Å². The minimum atomic E-state index is -0.957. The average Bonchev–Trinajstić information content (AvgIpc) is 2.44. The summed E-state index contributed by atoms with van der Waals surface area (Å²) in [5.41, 5.74) is 0.266. The van der Waals surface area contributed by atoms with Crippen LogP contribution in [0.3, 0.4) is 0 Å². The lowest BCUT2D eigenvalue weighted by atomic mass is 9.90. The summed E-state index contributed by atoms with van der Waals surface area (Å²) >= 11 is 0. The Kier molecular flexibility index (Phi) is 2.39. The van der Waals surface area contributed by atoms with Crippen LogP contribution < -0.4 is 4.90 Å². The van der Waals surface area contributed by atoms with E-state index in [4.69, 9.17) is 5.11 Å². The zero-order chi connectivity index (χ0) is 11.9. The van der Waals surface area contributed by atoms with Crippen molar-refractivity contribution in [2.24, 2.45) is 5.41 Å². The molecule has 0 aliphatic carbocycles. The fourth-order valence-corrected chi connectivity index (χ4v) is 1.90. The molecule has 4 nitrogen and oxygen atoms in total. The van der Waals surface area contributed by atoms with Crippen LogP contribution in [-0.4, -0.2) is 28.8 Å². The highest BCUT2D eigenvalue weighted by Gasteiger charge is 2.45. The highest BCUT2D eigenvalue weighted by atomic mass is 16.3. The van der Waals surface area contributed by atoms with Crippen molar-refractivity contribution in [2.75, 3.05) is 11.4 Å². The van der Waals surface area contributed by atoms with E-state index in [-0.39, 0.29) is 11.7 Å². The van der Waals surface area contributed by atoms with Gasteiger partial charge in [-0.05, 0) is 24.3 Å². The maximum absolute atomic E-state index is 11.8. The summed E-state index contributed by atoms with van der Waals surface area (Å²) in [6.45, 7) is 4.20. The zero-order valence-electron chi connectivity index (χ0n) is 9.34. The number of nitrogens with zero attached hydrogens (tertiary/aromatic N) is 1. The molecule has 1 aliphatic rings. The van der Waals surface area contributed by atoms with Crippen molar-refractivity contribution in [1.82, 2.24) is 0 Å². The number of aliphatic hydroxyl groups is 1. The van der Waals surface area contributed by atoms with Crippen LogP contribution >= 0.6 is 0 Å².